The molecule has 0 aliphatic rings. The summed E-state index contributed by atoms with van der Waals surface area (Å²) in [5, 5.41) is 8.05. The van der Waals surface area contributed by atoms with Gasteiger partial charge in [0.2, 0.25) is 0 Å². The monoisotopic (exact) mass is 783 g/mol. The topological polar surface area (TPSA) is 35.9 Å². The standard InChI is InChI=1S/C55H33N3OS/c1-3-14-36(15-4-1)57-47-23-10-7-18-40(47)45-32-34(26-30-49(45)57)38-28-29-39(35-27-31-50-46(33-35)41-19-8-11-24-48(41)58(50)37-16-5-2-6-17-37)54-52(38)56-55(60-54)44-22-13-21-43-42-20-9-12-25-51(42)59-53(43)44/h1-33H. The molecular weight excluding hydrogens is 751 g/mol. The molecule has 5 heteroatoms. The van der Waals surface area contributed by atoms with Gasteiger partial charge in [0, 0.05) is 54.8 Å². The molecule has 0 saturated heterocycles. The van der Waals surface area contributed by atoms with Crippen molar-refractivity contribution in [1.82, 2.24) is 14.1 Å². The van der Waals surface area contributed by atoms with Crippen molar-refractivity contribution in [2.75, 3.05) is 0 Å². The Morgan fingerprint density at radius 1 is 0.383 bits per heavy atom. The Kier molecular flexibility index (Phi) is 7.14. The molecule has 4 nitrogen and oxygen atoms in total. The second-order valence-electron chi connectivity index (χ2n) is 15.5. The van der Waals surface area contributed by atoms with E-state index in [2.05, 4.69) is 197 Å². The average Bonchev–Trinajstić information content (AvgIpc) is 4.09. The number of nitrogens with zero attached hydrogens (tertiary/aromatic N) is 3. The first-order chi connectivity index (χ1) is 29.8. The number of hydrogen-bond donors (Lipinski definition) is 0. The van der Waals surface area contributed by atoms with E-state index in [4.69, 9.17) is 9.40 Å². The van der Waals surface area contributed by atoms with Crippen molar-refractivity contribution in [3.63, 3.8) is 0 Å². The molecular formula is C55H33N3OS. The van der Waals surface area contributed by atoms with E-state index in [1.54, 1.807) is 11.3 Å². The lowest BCUT2D eigenvalue weighted by atomic mass is 9.97. The van der Waals surface area contributed by atoms with Crippen LogP contribution in [0.1, 0.15) is 0 Å². The highest BCUT2D eigenvalue weighted by atomic mass is 32.1. The molecule has 13 rings (SSSR count). The minimum Gasteiger partial charge on any atom is -0.455 e. The molecule has 0 spiro atoms. The molecule has 280 valence electrons. The summed E-state index contributed by atoms with van der Waals surface area (Å²) < 4.78 is 12.5. The number of para-hydroxylation sites is 6. The molecule has 0 aliphatic heterocycles. The molecule has 4 heterocycles. The molecule has 0 atom stereocenters. The van der Waals surface area contributed by atoms with Crippen LogP contribution in [0, 0.1) is 0 Å². The van der Waals surface area contributed by atoms with E-state index in [1.165, 1.54) is 43.6 Å². The van der Waals surface area contributed by atoms with Crippen LogP contribution in [-0.2, 0) is 0 Å². The van der Waals surface area contributed by atoms with Crippen LogP contribution in [-0.4, -0.2) is 14.1 Å². The number of thiazole rings is 1. The van der Waals surface area contributed by atoms with Gasteiger partial charge in [0.15, 0.2) is 0 Å². The average molecular weight is 784 g/mol. The molecule has 0 unspecified atom stereocenters. The van der Waals surface area contributed by atoms with Gasteiger partial charge in [-0.2, -0.15) is 0 Å². The molecule has 0 amide bonds. The van der Waals surface area contributed by atoms with Crippen LogP contribution >= 0.6 is 11.3 Å². The molecule has 0 saturated carbocycles. The lowest BCUT2D eigenvalue weighted by Crippen LogP contribution is -1.93. The molecule has 4 aromatic heterocycles. The summed E-state index contributed by atoms with van der Waals surface area (Å²) in [4.78, 5) is 5.57. The highest BCUT2D eigenvalue weighted by Gasteiger charge is 2.22. The van der Waals surface area contributed by atoms with Crippen LogP contribution < -0.4 is 0 Å². The maximum absolute atomic E-state index is 6.58. The molecule has 0 radical (unpaired) electrons. The van der Waals surface area contributed by atoms with E-state index < -0.39 is 0 Å². The van der Waals surface area contributed by atoms with Crippen molar-refractivity contribution < 1.29 is 4.42 Å². The van der Waals surface area contributed by atoms with Crippen LogP contribution in [0.4, 0.5) is 0 Å². The van der Waals surface area contributed by atoms with E-state index in [-0.39, 0.29) is 0 Å². The highest BCUT2D eigenvalue weighted by molar-refractivity contribution is 7.22. The number of fused-ring (bicyclic) bond motifs is 10. The van der Waals surface area contributed by atoms with Crippen molar-refractivity contribution in [3.8, 4) is 44.2 Å². The van der Waals surface area contributed by atoms with E-state index in [0.29, 0.717) is 0 Å². The first kappa shape index (κ1) is 33.3. The summed E-state index contributed by atoms with van der Waals surface area (Å²) in [5.74, 6) is 0. The van der Waals surface area contributed by atoms with Gasteiger partial charge in [-0.3, -0.25) is 0 Å². The summed E-state index contributed by atoms with van der Waals surface area (Å²) in [6, 6.07) is 71.8. The number of aromatic nitrogens is 3. The van der Waals surface area contributed by atoms with Crippen LogP contribution in [0.5, 0.6) is 0 Å². The zero-order chi connectivity index (χ0) is 39.3. The van der Waals surface area contributed by atoms with Gasteiger partial charge in [0.05, 0.1) is 37.8 Å². The number of hydrogen-bond acceptors (Lipinski definition) is 3. The van der Waals surface area contributed by atoms with E-state index in [1.807, 2.05) is 12.1 Å². The van der Waals surface area contributed by atoms with Gasteiger partial charge in [-0.25, -0.2) is 4.98 Å². The second-order valence-corrected chi connectivity index (χ2v) is 16.5. The first-order valence-corrected chi connectivity index (χ1v) is 21.1. The first-order valence-electron chi connectivity index (χ1n) is 20.3. The van der Waals surface area contributed by atoms with Gasteiger partial charge < -0.3 is 13.6 Å². The lowest BCUT2D eigenvalue weighted by Gasteiger charge is -2.10. The van der Waals surface area contributed by atoms with Crippen molar-refractivity contribution in [2.24, 2.45) is 0 Å². The SMILES string of the molecule is c1ccc(-n2c3ccccc3c3cc(-c4ccc(-c5ccc6c(c5)c5ccccc5n6-c5ccccc5)c5sc(-c6cccc7c6oc6ccccc67)nc45)ccc32)cc1. The third-order valence-corrected chi connectivity index (χ3v) is 13.3. The summed E-state index contributed by atoms with van der Waals surface area (Å²) in [7, 11) is 0. The number of benzene rings is 9. The fourth-order valence-electron chi connectivity index (χ4n) is 9.49. The van der Waals surface area contributed by atoms with Crippen molar-refractivity contribution in [1.29, 1.82) is 0 Å². The summed E-state index contributed by atoms with van der Waals surface area (Å²) in [5.41, 5.74) is 15.3. The summed E-state index contributed by atoms with van der Waals surface area (Å²) in [6.45, 7) is 0. The fraction of sp³-hybridized carbons (Fsp3) is 0. The van der Waals surface area contributed by atoms with E-state index in [0.717, 1.165) is 76.4 Å². The maximum Gasteiger partial charge on any atom is 0.145 e. The maximum atomic E-state index is 6.58. The zero-order valence-electron chi connectivity index (χ0n) is 32.2. The van der Waals surface area contributed by atoms with Crippen LogP contribution in [0.15, 0.2) is 205 Å². The summed E-state index contributed by atoms with van der Waals surface area (Å²) >= 11 is 1.74. The van der Waals surface area contributed by atoms with Crippen molar-refractivity contribution in [2.45, 2.75) is 0 Å². The van der Waals surface area contributed by atoms with Gasteiger partial charge >= 0.3 is 0 Å². The predicted molar refractivity (Wildman–Crippen MR) is 252 cm³/mol. The molecule has 0 bridgehead atoms. The van der Waals surface area contributed by atoms with Gasteiger partial charge in [-0.15, -0.1) is 11.3 Å². The summed E-state index contributed by atoms with van der Waals surface area (Å²) in [6.07, 6.45) is 0. The molecule has 0 fully saturated rings. The number of rotatable bonds is 5. The highest BCUT2D eigenvalue weighted by Crippen LogP contribution is 2.46. The quantitative estimate of drug-likeness (QED) is 0.174. The Morgan fingerprint density at radius 2 is 0.900 bits per heavy atom. The van der Waals surface area contributed by atoms with Gasteiger partial charge in [0.1, 0.15) is 16.2 Å². The smallest absolute Gasteiger partial charge is 0.145 e. The molecule has 60 heavy (non-hydrogen) atoms. The number of furan rings is 1. The Morgan fingerprint density at radius 3 is 1.55 bits per heavy atom. The molecule has 0 aliphatic carbocycles. The molecule has 9 aromatic carbocycles. The third kappa shape index (κ3) is 4.87. The van der Waals surface area contributed by atoms with Gasteiger partial charge in [0.25, 0.3) is 0 Å². The van der Waals surface area contributed by atoms with Crippen molar-refractivity contribution >= 4 is 87.1 Å². The van der Waals surface area contributed by atoms with Gasteiger partial charge in [-0.1, -0.05) is 127 Å². The van der Waals surface area contributed by atoms with E-state index in [9.17, 15) is 0 Å². The van der Waals surface area contributed by atoms with Crippen LogP contribution in [0.2, 0.25) is 0 Å². The normalized spacial score (nSPS) is 12.0. The predicted octanol–water partition coefficient (Wildman–Crippen LogP) is 15.4. The fourth-order valence-corrected chi connectivity index (χ4v) is 10.6. The second kappa shape index (κ2) is 12.9. The molecule has 0 N–H and O–H groups in total. The van der Waals surface area contributed by atoms with Crippen LogP contribution in [0.3, 0.4) is 0 Å². The Bertz CT molecular complexity index is 3640. The third-order valence-electron chi connectivity index (χ3n) is 12.2. The Labute approximate surface area is 348 Å². The minimum atomic E-state index is 0.867. The largest absolute Gasteiger partial charge is 0.455 e. The van der Waals surface area contributed by atoms with Crippen LogP contribution in [0.25, 0.3) is 120 Å². The van der Waals surface area contributed by atoms with Gasteiger partial charge in [-0.05, 0) is 83.9 Å². The zero-order valence-corrected chi connectivity index (χ0v) is 33.0. The minimum absolute atomic E-state index is 0.867. The Hall–Kier alpha value is -7.73. The van der Waals surface area contributed by atoms with Crippen molar-refractivity contribution in [3.05, 3.63) is 200 Å². The Balaban J connectivity index is 1.06. The lowest BCUT2D eigenvalue weighted by molar-refractivity contribution is 0.670. The van der Waals surface area contributed by atoms with E-state index >= 15 is 0 Å². The molecule has 13 aromatic rings.